The third kappa shape index (κ3) is 2.63. The van der Waals surface area contributed by atoms with Gasteiger partial charge in [0.05, 0.1) is 0 Å². The van der Waals surface area contributed by atoms with Crippen LogP contribution in [-0.2, 0) is 0 Å². The fourth-order valence-electron chi connectivity index (χ4n) is 2.49. The molecule has 0 aromatic heterocycles. The molecule has 0 aliphatic carbocycles. The van der Waals surface area contributed by atoms with Crippen molar-refractivity contribution in [2.24, 2.45) is 0 Å². The smallest absolute Gasteiger partial charge is 0.254 e. The Bertz CT molecular complexity index is 705. The molecule has 1 aliphatic rings. The number of halogens is 1. The molecular formula is C17H16BrNO. The number of hydrogen-bond acceptors (Lipinski definition) is 1. The molecule has 3 rings (SSSR count). The number of carbonyl (C=O) groups is 1. The molecule has 2 aromatic carbocycles. The lowest BCUT2D eigenvalue weighted by Crippen LogP contribution is -2.34. The SMILES string of the molecule is CC1=CCN(C(=O)c2ccc3cc(Br)ccc3c2)CC1. The molecule has 2 nitrogen and oxygen atoms in total. The molecule has 1 aliphatic heterocycles. The molecule has 20 heavy (non-hydrogen) atoms. The van der Waals surface area contributed by atoms with Gasteiger partial charge >= 0.3 is 0 Å². The molecule has 0 fully saturated rings. The number of carbonyl (C=O) groups excluding carboxylic acids is 1. The minimum atomic E-state index is 0.124. The maximum Gasteiger partial charge on any atom is 0.254 e. The summed E-state index contributed by atoms with van der Waals surface area (Å²) in [7, 11) is 0. The van der Waals surface area contributed by atoms with Gasteiger partial charge in [-0.05, 0) is 48.4 Å². The maximum atomic E-state index is 12.5. The number of rotatable bonds is 1. The summed E-state index contributed by atoms with van der Waals surface area (Å²) < 4.78 is 1.06. The second-order valence-electron chi connectivity index (χ2n) is 5.26. The molecule has 0 N–H and O–H groups in total. The Kier molecular flexibility index (Phi) is 3.62. The normalized spacial score (nSPS) is 15.3. The Labute approximate surface area is 127 Å². The molecule has 0 atom stereocenters. The molecule has 1 heterocycles. The summed E-state index contributed by atoms with van der Waals surface area (Å²) >= 11 is 3.47. The molecule has 0 unspecified atom stereocenters. The van der Waals surface area contributed by atoms with Crippen LogP contribution in [0.5, 0.6) is 0 Å². The number of fused-ring (bicyclic) bond motifs is 1. The van der Waals surface area contributed by atoms with Crippen molar-refractivity contribution in [3.63, 3.8) is 0 Å². The van der Waals surface area contributed by atoms with Gasteiger partial charge in [-0.2, -0.15) is 0 Å². The first-order chi connectivity index (χ1) is 9.63. The van der Waals surface area contributed by atoms with Crippen molar-refractivity contribution in [2.75, 3.05) is 13.1 Å². The zero-order valence-corrected chi connectivity index (χ0v) is 13.0. The van der Waals surface area contributed by atoms with Crippen LogP contribution < -0.4 is 0 Å². The first-order valence-electron chi connectivity index (χ1n) is 6.78. The van der Waals surface area contributed by atoms with E-state index in [0.29, 0.717) is 0 Å². The van der Waals surface area contributed by atoms with Crippen LogP contribution in [-0.4, -0.2) is 23.9 Å². The van der Waals surface area contributed by atoms with Gasteiger partial charge in [0.15, 0.2) is 0 Å². The first-order valence-corrected chi connectivity index (χ1v) is 7.57. The Morgan fingerprint density at radius 1 is 1.15 bits per heavy atom. The topological polar surface area (TPSA) is 20.3 Å². The van der Waals surface area contributed by atoms with Crippen LogP contribution in [0.1, 0.15) is 23.7 Å². The molecule has 0 radical (unpaired) electrons. The molecule has 0 bridgehead atoms. The van der Waals surface area contributed by atoms with Gasteiger partial charge in [-0.25, -0.2) is 0 Å². The van der Waals surface area contributed by atoms with E-state index in [1.807, 2.05) is 35.2 Å². The first kappa shape index (κ1) is 13.4. The summed E-state index contributed by atoms with van der Waals surface area (Å²) in [6.45, 7) is 3.66. The summed E-state index contributed by atoms with van der Waals surface area (Å²) in [4.78, 5) is 14.4. The van der Waals surface area contributed by atoms with E-state index >= 15 is 0 Å². The van der Waals surface area contributed by atoms with Crippen molar-refractivity contribution in [3.05, 3.63) is 58.1 Å². The Morgan fingerprint density at radius 2 is 1.90 bits per heavy atom. The zero-order valence-electron chi connectivity index (χ0n) is 11.4. The van der Waals surface area contributed by atoms with Crippen LogP contribution in [0.2, 0.25) is 0 Å². The summed E-state index contributed by atoms with van der Waals surface area (Å²) in [6, 6.07) is 12.0. The highest BCUT2D eigenvalue weighted by Crippen LogP contribution is 2.22. The predicted molar refractivity (Wildman–Crippen MR) is 85.9 cm³/mol. The van der Waals surface area contributed by atoms with Gasteiger partial charge in [0.2, 0.25) is 0 Å². The number of nitrogens with zero attached hydrogens (tertiary/aromatic N) is 1. The van der Waals surface area contributed by atoms with Crippen LogP contribution >= 0.6 is 15.9 Å². The van der Waals surface area contributed by atoms with Crippen LogP contribution in [0.25, 0.3) is 10.8 Å². The number of benzene rings is 2. The van der Waals surface area contributed by atoms with Crippen LogP contribution in [0.3, 0.4) is 0 Å². The quantitative estimate of drug-likeness (QED) is 0.710. The molecule has 2 aromatic rings. The number of amides is 1. The van der Waals surface area contributed by atoms with Crippen molar-refractivity contribution >= 4 is 32.6 Å². The van der Waals surface area contributed by atoms with Gasteiger partial charge in [-0.1, -0.05) is 39.7 Å². The summed E-state index contributed by atoms with van der Waals surface area (Å²) in [5, 5.41) is 2.24. The second kappa shape index (κ2) is 5.41. The zero-order chi connectivity index (χ0) is 14.1. The van der Waals surface area contributed by atoms with E-state index in [-0.39, 0.29) is 5.91 Å². The van der Waals surface area contributed by atoms with Crippen molar-refractivity contribution in [2.45, 2.75) is 13.3 Å². The Hall–Kier alpha value is -1.61. The predicted octanol–water partition coefficient (Wildman–Crippen LogP) is 4.39. The van der Waals surface area contributed by atoms with Crippen LogP contribution in [0, 0.1) is 0 Å². The third-order valence-electron chi connectivity index (χ3n) is 3.77. The van der Waals surface area contributed by atoms with E-state index in [9.17, 15) is 4.79 Å². The van der Waals surface area contributed by atoms with E-state index in [1.54, 1.807) is 0 Å². The van der Waals surface area contributed by atoms with E-state index in [2.05, 4.69) is 35.0 Å². The number of hydrogen-bond donors (Lipinski definition) is 0. The van der Waals surface area contributed by atoms with Crippen molar-refractivity contribution in [1.29, 1.82) is 0 Å². The Balaban J connectivity index is 1.90. The highest BCUT2D eigenvalue weighted by atomic mass is 79.9. The van der Waals surface area contributed by atoms with Gasteiger partial charge in [0, 0.05) is 23.1 Å². The lowest BCUT2D eigenvalue weighted by atomic mass is 10.0. The summed E-state index contributed by atoms with van der Waals surface area (Å²) in [5.41, 5.74) is 2.14. The molecule has 1 amide bonds. The van der Waals surface area contributed by atoms with Gasteiger partial charge in [-0.15, -0.1) is 0 Å². The standard InChI is InChI=1S/C17H16BrNO/c1-12-6-8-19(9-7-12)17(20)15-3-2-14-11-16(18)5-4-13(14)10-15/h2-6,10-11H,7-9H2,1H3. The second-order valence-corrected chi connectivity index (χ2v) is 6.17. The molecule has 0 saturated heterocycles. The van der Waals surface area contributed by atoms with Gasteiger partial charge in [0.25, 0.3) is 5.91 Å². The maximum absolute atomic E-state index is 12.5. The molecule has 0 saturated carbocycles. The third-order valence-corrected chi connectivity index (χ3v) is 4.27. The largest absolute Gasteiger partial charge is 0.335 e. The summed E-state index contributed by atoms with van der Waals surface area (Å²) in [5.74, 6) is 0.124. The molecular weight excluding hydrogens is 314 g/mol. The van der Waals surface area contributed by atoms with Gasteiger partial charge < -0.3 is 4.90 Å². The summed E-state index contributed by atoms with van der Waals surface area (Å²) in [6.07, 6.45) is 3.12. The van der Waals surface area contributed by atoms with E-state index in [1.165, 1.54) is 5.57 Å². The Morgan fingerprint density at radius 3 is 2.65 bits per heavy atom. The van der Waals surface area contributed by atoms with Crippen LogP contribution in [0.4, 0.5) is 0 Å². The molecule has 3 heteroatoms. The van der Waals surface area contributed by atoms with Crippen molar-refractivity contribution in [1.82, 2.24) is 4.90 Å². The highest BCUT2D eigenvalue weighted by molar-refractivity contribution is 9.10. The highest BCUT2D eigenvalue weighted by Gasteiger charge is 2.17. The van der Waals surface area contributed by atoms with Crippen LogP contribution in [0.15, 0.2) is 52.5 Å². The van der Waals surface area contributed by atoms with Crippen molar-refractivity contribution < 1.29 is 4.79 Å². The molecule has 102 valence electrons. The van der Waals surface area contributed by atoms with Gasteiger partial charge in [-0.3, -0.25) is 4.79 Å². The molecule has 0 spiro atoms. The average molecular weight is 330 g/mol. The van der Waals surface area contributed by atoms with E-state index in [4.69, 9.17) is 0 Å². The fourth-order valence-corrected chi connectivity index (χ4v) is 2.87. The van der Waals surface area contributed by atoms with E-state index in [0.717, 1.165) is 40.3 Å². The lowest BCUT2D eigenvalue weighted by molar-refractivity contribution is 0.0769. The van der Waals surface area contributed by atoms with Crippen molar-refractivity contribution in [3.8, 4) is 0 Å². The average Bonchev–Trinajstić information content (AvgIpc) is 2.47. The minimum absolute atomic E-state index is 0.124. The van der Waals surface area contributed by atoms with Gasteiger partial charge in [0.1, 0.15) is 0 Å². The fraction of sp³-hybridized carbons (Fsp3) is 0.235. The minimum Gasteiger partial charge on any atom is -0.335 e. The van der Waals surface area contributed by atoms with E-state index < -0.39 is 0 Å². The lowest BCUT2D eigenvalue weighted by Gasteiger charge is -2.25. The monoisotopic (exact) mass is 329 g/mol.